The van der Waals surface area contributed by atoms with Crippen molar-refractivity contribution in [3.8, 4) is 0 Å². The van der Waals surface area contributed by atoms with Gasteiger partial charge in [-0.3, -0.25) is 9.69 Å². The van der Waals surface area contributed by atoms with Gasteiger partial charge in [-0.2, -0.15) is 0 Å². The SMILES string of the molecule is O=C(CN(CCO)C1CCCCC1)NCc1cccs1. The number of thiophene rings is 1. The lowest BCUT2D eigenvalue weighted by molar-refractivity contribution is -0.123. The van der Waals surface area contributed by atoms with Crippen molar-refractivity contribution in [3.63, 3.8) is 0 Å². The van der Waals surface area contributed by atoms with Crippen LogP contribution in [0.15, 0.2) is 17.5 Å². The number of aliphatic hydroxyl groups is 1. The lowest BCUT2D eigenvalue weighted by atomic mass is 9.94. The van der Waals surface area contributed by atoms with Gasteiger partial charge in [-0.1, -0.05) is 25.3 Å². The smallest absolute Gasteiger partial charge is 0.234 e. The molecule has 1 aromatic rings. The minimum atomic E-state index is 0.0532. The van der Waals surface area contributed by atoms with Gasteiger partial charge in [0.15, 0.2) is 0 Å². The van der Waals surface area contributed by atoms with Crippen LogP contribution >= 0.6 is 11.3 Å². The van der Waals surface area contributed by atoms with Gasteiger partial charge in [-0.25, -0.2) is 0 Å². The zero-order valence-electron chi connectivity index (χ0n) is 11.9. The summed E-state index contributed by atoms with van der Waals surface area (Å²) in [5, 5.41) is 14.2. The van der Waals surface area contributed by atoms with Crippen molar-refractivity contribution < 1.29 is 9.90 Å². The molecule has 1 amide bonds. The molecule has 2 rings (SSSR count). The summed E-state index contributed by atoms with van der Waals surface area (Å²) in [5.41, 5.74) is 0. The van der Waals surface area contributed by atoms with E-state index in [2.05, 4.69) is 10.2 Å². The molecular formula is C15H24N2O2S. The minimum absolute atomic E-state index is 0.0532. The summed E-state index contributed by atoms with van der Waals surface area (Å²) in [4.78, 5) is 15.3. The van der Waals surface area contributed by atoms with Crippen molar-refractivity contribution in [1.82, 2.24) is 10.2 Å². The Morgan fingerprint density at radius 3 is 2.85 bits per heavy atom. The van der Waals surface area contributed by atoms with Crippen LogP contribution in [0, 0.1) is 0 Å². The zero-order chi connectivity index (χ0) is 14.2. The standard InChI is InChI=1S/C15H24N2O2S/c18-9-8-17(13-5-2-1-3-6-13)12-15(19)16-11-14-7-4-10-20-14/h4,7,10,13,18H,1-3,5-6,8-9,11-12H2,(H,16,19). The molecular weight excluding hydrogens is 272 g/mol. The maximum Gasteiger partial charge on any atom is 0.234 e. The lowest BCUT2D eigenvalue weighted by Gasteiger charge is -2.33. The minimum Gasteiger partial charge on any atom is -0.395 e. The maximum atomic E-state index is 12.0. The highest BCUT2D eigenvalue weighted by Crippen LogP contribution is 2.22. The van der Waals surface area contributed by atoms with Crippen LogP contribution in [-0.4, -0.2) is 41.7 Å². The van der Waals surface area contributed by atoms with Crippen molar-refractivity contribution in [2.24, 2.45) is 0 Å². The van der Waals surface area contributed by atoms with E-state index in [0.29, 0.717) is 25.7 Å². The van der Waals surface area contributed by atoms with E-state index < -0.39 is 0 Å². The maximum absolute atomic E-state index is 12.0. The fourth-order valence-electron chi connectivity index (χ4n) is 2.80. The summed E-state index contributed by atoms with van der Waals surface area (Å²) in [5.74, 6) is 0.0532. The van der Waals surface area contributed by atoms with E-state index in [1.165, 1.54) is 24.1 Å². The Morgan fingerprint density at radius 2 is 2.20 bits per heavy atom. The quantitative estimate of drug-likeness (QED) is 0.809. The number of nitrogens with one attached hydrogen (secondary N) is 1. The highest BCUT2D eigenvalue weighted by atomic mass is 32.1. The highest BCUT2D eigenvalue weighted by molar-refractivity contribution is 7.09. The third kappa shape index (κ3) is 4.89. The van der Waals surface area contributed by atoms with Crippen molar-refractivity contribution in [1.29, 1.82) is 0 Å². The van der Waals surface area contributed by atoms with Crippen LogP contribution in [0.25, 0.3) is 0 Å². The topological polar surface area (TPSA) is 52.6 Å². The molecule has 0 saturated heterocycles. The van der Waals surface area contributed by atoms with E-state index in [1.54, 1.807) is 11.3 Å². The van der Waals surface area contributed by atoms with E-state index in [-0.39, 0.29) is 12.5 Å². The fourth-order valence-corrected chi connectivity index (χ4v) is 3.45. The van der Waals surface area contributed by atoms with Gasteiger partial charge in [0.25, 0.3) is 0 Å². The molecule has 2 N–H and O–H groups in total. The monoisotopic (exact) mass is 296 g/mol. The third-order valence-electron chi connectivity index (χ3n) is 3.86. The van der Waals surface area contributed by atoms with Crippen molar-refractivity contribution >= 4 is 17.2 Å². The Balaban J connectivity index is 1.78. The molecule has 0 spiro atoms. The zero-order valence-corrected chi connectivity index (χ0v) is 12.7. The fraction of sp³-hybridized carbons (Fsp3) is 0.667. The predicted molar refractivity (Wildman–Crippen MR) is 81.7 cm³/mol. The van der Waals surface area contributed by atoms with Gasteiger partial charge in [0.2, 0.25) is 5.91 Å². The number of hydrogen-bond donors (Lipinski definition) is 2. The highest BCUT2D eigenvalue weighted by Gasteiger charge is 2.22. The first kappa shape index (κ1) is 15.5. The average molecular weight is 296 g/mol. The normalized spacial score (nSPS) is 16.5. The summed E-state index contributed by atoms with van der Waals surface area (Å²) in [6, 6.07) is 4.48. The van der Waals surface area contributed by atoms with Gasteiger partial charge in [0.05, 0.1) is 19.7 Å². The summed E-state index contributed by atoms with van der Waals surface area (Å²) >= 11 is 1.65. The van der Waals surface area contributed by atoms with Gasteiger partial charge >= 0.3 is 0 Å². The number of carbonyl (C=O) groups excluding carboxylic acids is 1. The first-order valence-corrected chi connectivity index (χ1v) is 8.31. The van der Waals surface area contributed by atoms with Crippen LogP contribution in [0.4, 0.5) is 0 Å². The Kier molecular flexibility index (Phi) is 6.50. The van der Waals surface area contributed by atoms with Crippen LogP contribution in [0.2, 0.25) is 0 Å². The Bertz CT molecular complexity index is 389. The Hall–Kier alpha value is -0.910. The summed E-state index contributed by atoms with van der Waals surface area (Å²) in [6.07, 6.45) is 6.08. The summed E-state index contributed by atoms with van der Waals surface area (Å²) < 4.78 is 0. The molecule has 1 heterocycles. The van der Waals surface area contributed by atoms with Gasteiger partial charge in [0.1, 0.15) is 0 Å². The third-order valence-corrected chi connectivity index (χ3v) is 4.74. The molecule has 4 nitrogen and oxygen atoms in total. The van der Waals surface area contributed by atoms with Crippen LogP contribution in [0.3, 0.4) is 0 Å². The number of hydrogen-bond acceptors (Lipinski definition) is 4. The molecule has 1 aliphatic carbocycles. The molecule has 0 aromatic carbocycles. The van der Waals surface area contributed by atoms with E-state index in [1.807, 2.05) is 17.5 Å². The molecule has 0 atom stereocenters. The van der Waals surface area contributed by atoms with Crippen LogP contribution in [0.5, 0.6) is 0 Å². The van der Waals surface area contributed by atoms with Gasteiger partial charge < -0.3 is 10.4 Å². The second-order valence-corrected chi connectivity index (χ2v) is 6.37. The van der Waals surface area contributed by atoms with E-state index >= 15 is 0 Å². The largest absolute Gasteiger partial charge is 0.395 e. The van der Waals surface area contributed by atoms with Crippen LogP contribution in [0.1, 0.15) is 37.0 Å². The number of aliphatic hydroxyl groups excluding tert-OH is 1. The molecule has 0 bridgehead atoms. The number of rotatable bonds is 7. The van der Waals surface area contributed by atoms with Crippen LogP contribution in [-0.2, 0) is 11.3 Å². The summed E-state index contributed by atoms with van der Waals surface area (Å²) in [6.45, 7) is 1.72. The average Bonchev–Trinajstić information content (AvgIpc) is 2.99. The molecule has 1 saturated carbocycles. The Labute approximate surface area is 124 Å². The summed E-state index contributed by atoms with van der Waals surface area (Å²) in [7, 11) is 0. The second kappa shape index (κ2) is 8.39. The molecule has 20 heavy (non-hydrogen) atoms. The molecule has 1 aliphatic rings. The van der Waals surface area contributed by atoms with E-state index in [4.69, 9.17) is 0 Å². The van der Waals surface area contributed by atoms with Crippen molar-refractivity contribution in [2.45, 2.75) is 44.7 Å². The molecule has 5 heteroatoms. The van der Waals surface area contributed by atoms with Crippen molar-refractivity contribution in [2.75, 3.05) is 19.7 Å². The van der Waals surface area contributed by atoms with E-state index in [9.17, 15) is 9.90 Å². The van der Waals surface area contributed by atoms with E-state index in [0.717, 1.165) is 12.8 Å². The predicted octanol–water partition coefficient (Wildman–Crippen LogP) is 1.99. The van der Waals surface area contributed by atoms with Crippen molar-refractivity contribution in [3.05, 3.63) is 22.4 Å². The number of carbonyl (C=O) groups is 1. The number of nitrogens with zero attached hydrogens (tertiary/aromatic N) is 1. The molecule has 112 valence electrons. The molecule has 0 unspecified atom stereocenters. The van der Waals surface area contributed by atoms with Gasteiger partial charge in [-0.15, -0.1) is 11.3 Å². The van der Waals surface area contributed by atoms with Crippen LogP contribution < -0.4 is 5.32 Å². The first-order chi connectivity index (χ1) is 9.79. The Morgan fingerprint density at radius 1 is 1.40 bits per heavy atom. The van der Waals surface area contributed by atoms with Gasteiger partial charge in [0, 0.05) is 17.5 Å². The molecule has 1 aromatic heterocycles. The molecule has 0 radical (unpaired) electrons. The van der Waals surface area contributed by atoms with Gasteiger partial charge in [-0.05, 0) is 24.3 Å². The lowest BCUT2D eigenvalue weighted by Crippen LogP contribution is -2.44. The first-order valence-electron chi connectivity index (χ1n) is 7.43. The second-order valence-electron chi connectivity index (χ2n) is 5.34. The molecule has 1 fully saturated rings. The number of amides is 1. The molecule has 0 aliphatic heterocycles.